The predicted octanol–water partition coefficient (Wildman–Crippen LogP) is 3.23. The van der Waals surface area contributed by atoms with E-state index >= 15 is 0 Å². The summed E-state index contributed by atoms with van der Waals surface area (Å²) >= 11 is 1.44. The lowest BCUT2D eigenvalue weighted by atomic mass is 10.1. The summed E-state index contributed by atoms with van der Waals surface area (Å²) in [6.07, 6.45) is 3.35. The molecule has 1 aromatic heterocycles. The maximum absolute atomic E-state index is 11.7. The molecule has 0 saturated heterocycles. The summed E-state index contributed by atoms with van der Waals surface area (Å²) in [5.74, 6) is 0.0254. The highest BCUT2D eigenvalue weighted by atomic mass is 32.1. The molecule has 0 aliphatic carbocycles. The molecule has 0 aliphatic heterocycles. The summed E-state index contributed by atoms with van der Waals surface area (Å²) in [5.41, 5.74) is 7.28. The monoisotopic (exact) mass is 229 g/mol. The molecule has 0 fully saturated rings. The maximum atomic E-state index is 11.7. The van der Waals surface area contributed by atoms with Crippen molar-refractivity contribution in [2.75, 3.05) is 5.73 Å². The van der Waals surface area contributed by atoms with Crippen LogP contribution in [0, 0.1) is 0 Å². The number of ketones is 1. The van der Waals surface area contributed by atoms with Gasteiger partial charge in [0.15, 0.2) is 5.78 Å². The van der Waals surface area contributed by atoms with E-state index in [1.807, 2.05) is 41.8 Å². The Balaban J connectivity index is 2.13. The zero-order valence-corrected chi connectivity index (χ0v) is 9.41. The Labute approximate surface area is 98.0 Å². The molecule has 2 aromatic rings. The molecule has 2 N–H and O–H groups in total. The van der Waals surface area contributed by atoms with Crippen LogP contribution in [-0.2, 0) is 0 Å². The van der Waals surface area contributed by atoms with Crippen LogP contribution in [0.25, 0.3) is 6.08 Å². The molecule has 0 amide bonds. The SMILES string of the molecule is Nc1cccc(/C=C/C(=O)c2cccs2)c1. The van der Waals surface area contributed by atoms with Gasteiger partial charge in [-0.2, -0.15) is 0 Å². The number of carbonyl (C=O) groups is 1. The van der Waals surface area contributed by atoms with Crippen molar-refractivity contribution in [3.05, 3.63) is 58.3 Å². The van der Waals surface area contributed by atoms with Crippen LogP contribution in [0.15, 0.2) is 47.9 Å². The van der Waals surface area contributed by atoms with E-state index in [1.165, 1.54) is 11.3 Å². The third kappa shape index (κ3) is 2.58. The Morgan fingerprint density at radius 2 is 2.12 bits per heavy atom. The molecule has 3 heteroatoms. The molecule has 0 atom stereocenters. The number of thiophene rings is 1. The molecule has 16 heavy (non-hydrogen) atoms. The molecular formula is C13H11NOS. The number of benzene rings is 1. The van der Waals surface area contributed by atoms with Crippen LogP contribution < -0.4 is 5.73 Å². The molecule has 1 aromatic carbocycles. The highest BCUT2D eigenvalue weighted by Gasteiger charge is 2.01. The van der Waals surface area contributed by atoms with Crippen molar-refractivity contribution < 1.29 is 4.79 Å². The van der Waals surface area contributed by atoms with Gasteiger partial charge in [0.05, 0.1) is 4.88 Å². The van der Waals surface area contributed by atoms with Crippen LogP contribution in [0.5, 0.6) is 0 Å². The first-order chi connectivity index (χ1) is 7.75. The fraction of sp³-hybridized carbons (Fsp3) is 0. The number of carbonyl (C=O) groups excluding carboxylic acids is 1. The number of hydrogen-bond acceptors (Lipinski definition) is 3. The Kier molecular flexibility index (Phi) is 3.17. The second kappa shape index (κ2) is 4.77. The number of anilines is 1. The van der Waals surface area contributed by atoms with Gasteiger partial charge in [-0.05, 0) is 35.2 Å². The molecule has 2 rings (SSSR count). The summed E-state index contributed by atoms with van der Waals surface area (Å²) in [5, 5.41) is 1.89. The van der Waals surface area contributed by atoms with Crippen LogP contribution in [0.4, 0.5) is 5.69 Å². The molecule has 0 radical (unpaired) electrons. The highest BCUT2D eigenvalue weighted by molar-refractivity contribution is 7.12. The molecule has 0 saturated carbocycles. The minimum Gasteiger partial charge on any atom is -0.399 e. The Bertz CT molecular complexity index is 514. The molecule has 0 spiro atoms. The largest absolute Gasteiger partial charge is 0.399 e. The fourth-order valence-electron chi connectivity index (χ4n) is 1.34. The topological polar surface area (TPSA) is 43.1 Å². The van der Waals surface area contributed by atoms with E-state index in [0.717, 1.165) is 10.4 Å². The van der Waals surface area contributed by atoms with E-state index in [4.69, 9.17) is 5.73 Å². The van der Waals surface area contributed by atoms with Gasteiger partial charge in [0, 0.05) is 5.69 Å². The number of nitrogen functional groups attached to an aromatic ring is 1. The summed E-state index contributed by atoms with van der Waals surface area (Å²) < 4.78 is 0. The lowest BCUT2D eigenvalue weighted by Gasteiger charge is -1.95. The Morgan fingerprint density at radius 3 is 2.81 bits per heavy atom. The van der Waals surface area contributed by atoms with Crippen LogP contribution in [-0.4, -0.2) is 5.78 Å². The lowest BCUT2D eigenvalue weighted by Crippen LogP contribution is -1.89. The lowest BCUT2D eigenvalue weighted by molar-refractivity contribution is 0.105. The van der Waals surface area contributed by atoms with Gasteiger partial charge in [0.2, 0.25) is 0 Å². The van der Waals surface area contributed by atoms with Crippen molar-refractivity contribution in [3.63, 3.8) is 0 Å². The molecular weight excluding hydrogens is 218 g/mol. The van der Waals surface area contributed by atoms with Gasteiger partial charge in [-0.3, -0.25) is 4.79 Å². The summed E-state index contributed by atoms with van der Waals surface area (Å²) in [6, 6.07) is 11.1. The molecule has 0 bridgehead atoms. The Morgan fingerprint density at radius 1 is 1.25 bits per heavy atom. The quantitative estimate of drug-likeness (QED) is 0.499. The van der Waals surface area contributed by atoms with E-state index in [9.17, 15) is 4.79 Å². The minimum absolute atomic E-state index is 0.0254. The van der Waals surface area contributed by atoms with Crippen molar-refractivity contribution in [1.29, 1.82) is 0 Å². The van der Waals surface area contributed by atoms with E-state index in [2.05, 4.69) is 0 Å². The third-order valence-corrected chi connectivity index (χ3v) is 2.99. The van der Waals surface area contributed by atoms with E-state index in [1.54, 1.807) is 12.2 Å². The first-order valence-corrected chi connectivity index (χ1v) is 5.75. The summed E-state index contributed by atoms with van der Waals surface area (Å²) in [4.78, 5) is 12.4. The number of hydrogen-bond donors (Lipinski definition) is 1. The first kappa shape index (κ1) is 10.6. The zero-order chi connectivity index (χ0) is 11.4. The van der Waals surface area contributed by atoms with Gasteiger partial charge in [-0.25, -0.2) is 0 Å². The third-order valence-electron chi connectivity index (χ3n) is 2.10. The van der Waals surface area contributed by atoms with E-state index in [0.29, 0.717) is 5.69 Å². The van der Waals surface area contributed by atoms with Crippen LogP contribution >= 0.6 is 11.3 Å². The molecule has 0 unspecified atom stereocenters. The second-order valence-electron chi connectivity index (χ2n) is 3.35. The smallest absolute Gasteiger partial charge is 0.195 e. The number of rotatable bonds is 3. The summed E-state index contributed by atoms with van der Waals surface area (Å²) in [6.45, 7) is 0. The normalized spacial score (nSPS) is 10.8. The second-order valence-corrected chi connectivity index (χ2v) is 4.29. The van der Waals surface area contributed by atoms with Gasteiger partial charge < -0.3 is 5.73 Å². The van der Waals surface area contributed by atoms with E-state index in [-0.39, 0.29) is 5.78 Å². The first-order valence-electron chi connectivity index (χ1n) is 4.87. The van der Waals surface area contributed by atoms with Gasteiger partial charge in [0.25, 0.3) is 0 Å². The molecule has 0 aliphatic rings. The fourth-order valence-corrected chi connectivity index (χ4v) is 1.98. The van der Waals surface area contributed by atoms with Crippen molar-refractivity contribution >= 4 is 28.9 Å². The number of nitrogens with two attached hydrogens (primary N) is 1. The van der Waals surface area contributed by atoms with Crippen molar-refractivity contribution in [2.45, 2.75) is 0 Å². The van der Waals surface area contributed by atoms with Gasteiger partial charge in [-0.1, -0.05) is 24.3 Å². The average Bonchev–Trinajstić information content (AvgIpc) is 2.79. The zero-order valence-electron chi connectivity index (χ0n) is 8.59. The average molecular weight is 229 g/mol. The maximum Gasteiger partial charge on any atom is 0.195 e. The van der Waals surface area contributed by atoms with Gasteiger partial charge in [-0.15, -0.1) is 11.3 Å². The highest BCUT2D eigenvalue weighted by Crippen LogP contribution is 2.12. The van der Waals surface area contributed by atoms with Crippen LogP contribution in [0.3, 0.4) is 0 Å². The van der Waals surface area contributed by atoms with Crippen molar-refractivity contribution in [2.24, 2.45) is 0 Å². The Hall–Kier alpha value is -1.87. The van der Waals surface area contributed by atoms with Crippen LogP contribution in [0.2, 0.25) is 0 Å². The van der Waals surface area contributed by atoms with Crippen molar-refractivity contribution in [1.82, 2.24) is 0 Å². The minimum atomic E-state index is 0.0254. The van der Waals surface area contributed by atoms with Crippen LogP contribution in [0.1, 0.15) is 15.2 Å². The van der Waals surface area contributed by atoms with Gasteiger partial charge in [0.1, 0.15) is 0 Å². The summed E-state index contributed by atoms with van der Waals surface area (Å²) in [7, 11) is 0. The predicted molar refractivity (Wildman–Crippen MR) is 68.5 cm³/mol. The van der Waals surface area contributed by atoms with Crippen molar-refractivity contribution in [3.8, 4) is 0 Å². The molecule has 2 nitrogen and oxygen atoms in total. The standard InChI is InChI=1S/C13H11NOS/c14-11-4-1-3-10(9-11)6-7-12(15)13-5-2-8-16-13/h1-9H,14H2/b7-6+. The molecule has 80 valence electrons. The van der Waals surface area contributed by atoms with E-state index < -0.39 is 0 Å². The van der Waals surface area contributed by atoms with Gasteiger partial charge >= 0.3 is 0 Å². The molecule has 1 heterocycles. The number of allylic oxidation sites excluding steroid dienone is 1.